The molecule has 0 bridgehead atoms. The first-order valence-electron chi connectivity index (χ1n) is 2.71. The maximum Gasteiger partial charge on any atom is 0.0503 e. The van der Waals surface area contributed by atoms with Gasteiger partial charge in [0.25, 0.3) is 0 Å². The van der Waals surface area contributed by atoms with Crippen LogP contribution >= 0.6 is 27.5 Å². The van der Waals surface area contributed by atoms with Crippen LogP contribution in [-0.4, -0.2) is 0 Å². The second-order valence-electron chi connectivity index (χ2n) is 2.10. The van der Waals surface area contributed by atoms with Gasteiger partial charge in [-0.3, -0.25) is 0 Å². The summed E-state index contributed by atoms with van der Waals surface area (Å²) in [5.41, 5.74) is 1.21. The van der Waals surface area contributed by atoms with Crippen LogP contribution in [0.15, 0.2) is 21.2 Å². The first kappa shape index (κ1) is 9.25. The molecule has 0 aromatic rings. The van der Waals surface area contributed by atoms with Gasteiger partial charge < -0.3 is 0 Å². The van der Waals surface area contributed by atoms with Crippen LogP contribution in [0.3, 0.4) is 0 Å². The van der Waals surface area contributed by atoms with E-state index < -0.39 is 0 Å². The van der Waals surface area contributed by atoms with Gasteiger partial charge >= 0.3 is 0 Å². The Hall–Kier alpha value is 0.250. The lowest BCUT2D eigenvalue weighted by Crippen LogP contribution is -1.68. The highest BCUT2D eigenvalue weighted by Crippen LogP contribution is 2.17. The summed E-state index contributed by atoms with van der Waals surface area (Å²) >= 11 is 9.04. The number of hydrogen-bond acceptors (Lipinski definition) is 0. The first-order chi connectivity index (χ1) is 4.04. The van der Waals surface area contributed by atoms with E-state index in [4.69, 9.17) is 11.6 Å². The van der Waals surface area contributed by atoms with E-state index in [0.29, 0.717) is 0 Å². The van der Waals surface area contributed by atoms with Crippen molar-refractivity contribution in [3.8, 4) is 0 Å². The van der Waals surface area contributed by atoms with E-state index in [0.717, 1.165) is 9.51 Å². The molecule has 0 saturated carbocycles. The molecule has 0 unspecified atom stereocenters. The van der Waals surface area contributed by atoms with Crippen molar-refractivity contribution in [2.45, 2.75) is 20.8 Å². The molecule has 0 saturated heterocycles. The monoisotopic (exact) mass is 208 g/mol. The van der Waals surface area contributed by atoms with Crippen molar-refractivity contribution < 1.29 is 0 Å². The fourth-order valence-electron chi connectivity index (χ4n) is 0.353. The van der Waals surface area contributed by atoms with Crippen LogP contribution in [0, 0.1) is 0 Å². The smallest absolute Gasteiger partial charge is 0.0503 e. The zero-order chi connectivity index (χ0) is 7.44. The third-order valence-electron chi connectivity index (χ3n) is 0.744. The van der Waals surface area contributed by atoms with E-state index in [1.807, 2.05) is 26.8 Å². The molecule has 9 heavy (non-hydrogen) atoms. The molecule has 0 aromatic heterocycles. The molecule has 0 heterocycles. The van der Waals surface area contributed by atoms with Gasteiger partial charge in [0, 0.05) is 4.48 Å². The van der Waals surface area contributed by atoms with Crippen LogP contribution < -0.4 is 0 Å². The van der Waals surface area contributed by atoms with Gasteiger partial charge in [-0.05, 0) is 26.8 Å². The third kappa shape index (κ3) is 4.73. The van der Waals surface area contributed by atoms with Crippen LogP contribution in [0.5, 0.6) is 0 Å². The number of allylic oxidation sites excluding steroid dienone is 4. The van der Waals surface area contributed by atoms with Gasteiger partial charge in [0.2, 0.25) is 0 Å². The van der Waals surface area contributed by atoms with Crippen molar-refractivity contribution in [1.82, 2.24) is 0 Å². The Labute approximate surface area is 69.7 Å². The van der Waals surface area contributed by atoms with Crippen molar-refractivity contribution in [3.05, 3.63) is 21.2 Å². The molecule has 2 heteroatoms. The summed E-state index contributed by atoms with van der Waals surface area (Å²) in [5, 5.41) is 0.773. The van der Waals surface area contributed by atoms with Gasteiger partial charge in [0.1, 0.15) is 0 Å². The normalized spacial score (nSPS) is 12.6. The van der Waals surface area contributed by atoms with Crippen LogP contribution in [-0.2, 0) is 0 Å². The van der Waals surface area contributed by atoms with E-state index in [1.165, 1.54) is 5.57 Å². The van der Waals surface area contributed by atoms with Gasteiger partial charge in [-0.2, -0.15) is 0 Å². The molecule has 0 spiro atoms. The molecule has 0 radical (unpaired) electrons. The molecule has 0 N–H and O–H groups in total. The van der Waals surface area contributed by atoms with Gasteiger partial charge in [0.15, 0.2) is 0 Å². The van der Waals surface area contributed by atoms with Gasteiger partial charge in [-0.25, -0.2) is 0 Å². The minimum Gasteiger partial charge on any atom is -0.0835 e. The predicted octanol–water partition coefficient (Wildman–Crippen LogP) is 3.82. The Kier molecular flexibility index (Phi) is 4.24. The zero-order valence-corrected chi connectivity index (χ0v) is 8.18. The van der Waals surface area contributed by atoms with Crippen LogP contribution in [0.2, 0.25) is 0 Å². The molecular formula is C7H10BrCl. The Morgan fingerprint density at radius 2 is 1.78 bits per heavy atom. The SMILES string of the molecule is CC(C)=C/C(Cl)=C(\C)Br. The van der Waals surface area contributed by atoms with Crippen molar-refractivity contribution in [3.63, 3.8) is 0 Å². The molecule has 0 fully saturated rings. The zero-order valence-electron chi connectivity index (χ0n) is 5.83. The number of rotatable bonds is 1. The largest absolute Gasteiger partial charge is 0.0835 e. The highest BCUT2D eigenvalue weighted by Gasteiger charge is 1.89. The second kappa shape index (κ2) is 4.13. The quantitative estimate of drug-likeness (QED) is 0.576. The average Bonchev–Trinajstić information content (AvgIpc) is 1.63. The second-order valence-corrected chi connectivity index (χ2v) is 3.70. The van der Waals surface area contributed by atoms with Crippen LogP contribution in [0.4, 0.5) is 0 Å². The molecular weight excluding hydrogens is 199 g/mol. The highest BCUT2D eigenvalue weighted by molar-refractivity contribution is 9.11. The third-order valence-corrected chi connectivity index (χ3v) is 1.79. The Morgan fingerprint density at radius 1 is 1.33 bits per heavy atom. The van der Waals surface area contributed by atoms with Crippen molar-refractivity contribution in [2.75, 3.05) is 0 Å². The molecule has 0 aliphatic heterocycles. The maximum atomic E-state index is 5.77. The van der Waals surface area contributed by atoms with Crippen LogP contribution in [0.25, 0.3) is 0 Å². The fraction of sp³-hybridized carbons (Fsp3) is 0.429. The molecule has 0 atom stereocenters. The first-order valence-corrected chi connectivity index (χ1v) is 3.88. The maximum absolute atomic E-state index is 5.77. The summed E-state index contributed by atoms with van der Waals surface area (Å²) in [6, 6.07) is 0. The van der Waals surface area contributed by atoms with Crippen LogP contribution in [0.1, 0.15) is 20.8 Å². The minimum absolute atomic E-state index is 0.773. The van der Waals surface area contributed by atoms with Crippen molar-refractivity contribution in [1.29, 1.82) is 0 Å². The fourth-order valence-corrected chi connectivity index (χ4v) is 0.686. The summed E-state index contributed by atoms with van der Waals surface area (Å²) in [6.07, 6.45) is 1.92. The van der Waals surface area contributed by atoms with Gasteiger partial charge in [-0.1, -0.05) is 33.1 Å². The van der Waals surface area contributed by atoms with Crippen molar-refractivity contribution >= 4 is 27.5 Å². The Morgan fingerprint density at radius 3 is 1.89 bits per heavy atom. The summed E-state index contributed by atoms with van der Waals surface area (Å²) < 4.78 is 0.977. The van der Waals surface area contributed by atoms with Crippen molar-refractivity contribution in [2.24, 2.45) is 0 Å². The lowest BCUT2D eigenvalue weighted by atomic mass is 10.3. The lowest BCUT2D eigenvalue weighted by molar-refractivity contribution is 1.38. The molecule has 0 amide bonds. The van der Waals surface area contributed by atoms with E-state index in [1.54, 1.807) is 0 Å². The standard InChI is InChI=1S/C7H10BrCl/c1-5(2)4-7(9)6(3)8/h4H,1-3H3/b7-6-. The Balaban J connectivity index is 4.25. The summed E-state index contributed by atoms with van der Waals surface area (Å²) in [5.74, 6) is 0. The molecule has 0 aromatic carbocycles. The number of hydrogen-bond donors (Lipinski definition) is 0. The number of halogens is 2. The molecule has 0 aliphatic rings. The average molecular weight is 210 g/mol. The van der Waals surface area contributed by atoms with E-state index >= 15 is 0 Å². The molecule has 0 aliphatic carbocycles. The van der Waals surface area contributed by atoms with E-state index in [-0.39, 0.29) is 0 Å². The van der Waals surface area contributed by atoms with Gasteiger partial charge in [-0.15, -0.1) is 0 Å². The summed E-state index contributed by atoms with van der Waals surface area (Å²) in [4.78, 5) is 0. The Bertz CT molecular complexity index is 148. The van der Waals surface area contributed by atoms with E-state index in [2.05, 4.69) is 15.9 Å². The topological polar surface area (TPSA) is 0 Å². The molecule has 0 rings (SSSR count). The minimum atomic E-state index is 0.773. The highest BCUT2D eigenvalue weighted by atomic mass is 79.9. The lowest BCUT2D eigenvalue weighted by Gasteiger charge is -1.91. The van der Waals surface area contributed by atoms with E-state index in [9.17, 15) is 0 Å². The summed E-state index contributed by atoms with van der Waals surface area (Å²) in [6.45, 7) is 5.94. The predicted molar refractivity (Wildman–Crippen MR) is 46.9 cm³/mol. The molecule has 0 nitrogen and oxygen atoms in total. The molecule has 52 valence electrons. The summed E-state index contributed by atoms with van der Waals surface area (Å²) in [7, 11) is 0. The van der Waals surface area contributed by atoms with Gasteiger partial charge in [0.05, 0.1) is 5.03 Å².